The topological polar surface area (TPSA) is 24.1 Å². The molecule has 6 rings (SSSR count). The van der Waals surface area contributed by atoms with Gasteiger partial charge in [0, 0.05) is 13.1 Å². The summed E-state index contributed by atoms with van der Waals surface area (Å²) >= 11 is 0. The van der Waals surface area contributed by atoms with E-state index in [4.69, 9.17) is 0 Å². The Balaban J connectivity index is 1.07. The molecule has 0 radical (unpaired) electrons. The van der Waals surface area contributed by atoms with Crippen molar-refractivity contribution in [3.63, 3.8) is 0 Å². The maximum absolute atomic E-state index is 3.74. The van der Waals surface area contributed by atoms with Crippen LogP contribution in [0.1, 0.15) is 17.5 Å². The van der Waals surface area contributed by atoms with Gasteiger partial charge in [0.25, 0.3) is 0 Å². The lowest BCUT2D eigenvalue weighted by atomic mass is 10.2. The Hall–Kier alpha value is -3.90. The molecule has 45 heavy (non-hydrogen) atoms. The summed E-state index contributed by atoms with van der Waals surface area (Å²) < 4.78 is 0. The van der Waals surface area contributed by atoms with Gasteiger partial charge in [0.1, 0.15) is 0 Å². The van der Waals surface area contributed by atoms with Crippen LogP contribution in [0.15, 0.2) is 170 Å². The molecule has 0 saturated carbocycles. The average Bonchev–Trinajstić information content (AvgIpc) is 3.11. The lowest BCUT2D eigenvalue weighted by Gasteiger charge is -2.23. The van der Waals surface area contributed by atoms with Gasteiger partial charge in [-0.3, -0.25) is 0 Å². The minimum Gasteiger partial charge on any atom is -0.313 e. The van der Waals surface area contributed by atoms with Gasteiger partial charge in [0.2, 0.25) is 0 Å². The van der Waals surface area contributed by atoms with E-state index in [1.165, 1.54) is 43.0 Å². The normalized spacial score (nSPS) is 11.2. The summed E-state index contributed by atoms with van der Waals surface area (Å²) in [5, 5.41) is 15.9. The quantitative estimate of drug-likeness (QED) is 0.108. The molecule has 2 N–H and O–H groups in total. The van der Waals surface area contributed by atoms with E-state index >= 15 is 0 Å². The van der Waals surface area contributed by atoms with Crippen molar-refractivity contribution in [3.05, 3.63) is 181 Å². The van der Waals surface area contributed by atoms with Crippen LogP contribution in [0.4, 0.5) is 0 Å². The second-order valence-corrected chi connectivity index (χ2v) is 15.3. The Morgan fingerprint density at radius 2 is 0.622 bits per heavy atom. The molecule has 0 saturated heterocycles. The van der Waals surface area contributed by atoms with E-state index < -0.39 is 15.8 Å². The first kappa shape index (κ1) is 31.1. The van der Waals surface area contributed by atoms with E-state index in [9.17, 15) is 0 Å². The van der Waals surface area contributed by atoms with E-state index in [0.29, 0.717) is 0 Å². The Morgan fingerprint density at radius 3 is 0.956 bits per heavy atom. The van der Waals surface area contributed by atoms with Crippen molar-refractivity contribution < 1.29 is 0 Å². The molecule has 224 valence electrons. The third kappa shape index (κ3) is 8.23. The van der Waals surface area contributed by atoms with Crippen molar-refractivity contribution in [2.24, 2.45) is 0 Å². The summed E-state index contributed by atoms with van der Waals surface area (Å²) in [5.41, 5.74) is 2.77. The second kappa shape index (κ2) is 16.4. The fraction of sp³-hybridized carbons (Fsp3) is 0.122. The number of hydrogen-bond acceptors (Lipinski definition) is 2. The maximum atomic E-state index is 3.74. The van der Waals surface area contributed by atoms with Gasteiger partial charge in [-0.25, -0.2) is 0 Å². The number of rotatable bonds is 14. The highest BCUT2D eigenvalue weighted by atomic mass is 31.1. The molecule has 0 aliphatic rings. The van der Waals surface area contributed by atoms with Crippen LogP contribution in [0.3, 0.4) is 0 Å². The van der Waals surface area contributed by atoms with Crippen LogP contribution in [0.2, 0.25) is 0 Å². The predicted octanol–water partition coefficient (Wildman–Crippen LogP) is 6.47. The highest BCUT2D eigenvalue weighted by Gasteiger charge is 2.20. The molecule has 6 aromatic carbocycles. The molecular formula is C41H40N2P2. The summed E-state index contributed by atoms with van der Waals surface area (Å²) in [6, 6.07) is 61.8. The van der Waals surface area contributed by atoms with Crippen molar-refractivity contribution in [2.75, 3.05) is 13.1 Å². The van der Waals surface area contributed by atoms with Crippen LogP contribution in [0.5, 0.6) is 0 Å². The van der Waals surface area contributed by atoms with Gasteiger partial charge in [-0.05, 0) is 78.3 Å². The smallest absolute Gasteiger partial charge is 0.0212 e. The van der Waals surface area contributed by atoms with Crippen molar-refractivity contribution >= 4 is 47.7 Å². The summed E-state index contributed by atoms with van der Waals surface area (Å²) in [4.78, 5) is 0. The highest BCUT2D eigenvalue weighted by molar-refractivity contribution is 7.80. The second-order valence-electron chi connectivity index (χ2n) is 11.0. The maximum Gasteiger partial charge on any atom is 0.0212 e. The first-order chi connectivity index (χ1) is 22.4. The number of benzene rings is 6. The zero-order valence-corrected chi connectivity index (χ0v) is 27.4. The van der Waals surface area contributed by atoms with Crippen LogP contribution in [-0.4, -0.2) is 13.1 Å². The summed E-state index contributed by atoms with van der Waals surface area (Å²) in [5.74, 6) is 0. The molecule has 0 aliphatic carbocycles. The minimum absolute atomic E-state index is 0.616. The van der Waals surface area contributed by atoms with Crippen LogP contribution >= 0.6 is 15.8 Å². The van der Waals surface area contributed by atoms with Gasteiger partial charge < -0.3 is 10.6 Å². The van der Waals surface area contributed by atoms with Crippen LogP contribution in [0.25, 0.3) is 0 Å². The zero-order valence-electron chi connectivity index (χ0n) is 25.6. The van der Waals surface area contributed by atoms with Gasteiger partial charge in [0.05, 0.1) is 0 Å². The molecular weight excluding hydrogens is 582 g/mol. The average molecular weight is 623 g/mol. The first-order valence-electron chi connectivity index (χ1n) is 15.8. The van der Waals surface area contributed by atoms with E-state index in [1.807, 2.05) is 0 Å². The zero-order chi connectivity index (χ0) is 30.5. The first-order valence-corrected chi connectivity index (χ1v) is 18.4. The largest absolute Gasteiger partial charge is 0.313 e. The molecule has 0 aliphatic heterocycles. The molecule has 0 fully saturated rings. The lowest BCUT2D eigenvalue weighted by Crippen LogP contribution is -2.28. The summed E-state index contributed by atoms with van der Waals surface area (Å²) in [6.07, 6.45) is 1.07. The Morgan fingerprint density at radius 1 is 0.333 bits per heavy atom. The third-order valence-electron chi connectivity index (χ3n) is 7.86. The molecule has 0 amide bonds. The monoisotopic (exact) mass is 622 g/mol. The molecule has 0 aromatic heterocycles. The summed E-state index contributed by atoms with van der Waals surface area (Å²) in [7, 11) is -1.23. The number of hydrogen-bond donors (Lipinski definition) is 2. The molecule has 0 spiro atoms. The summed E-state index contributed by atoms with van der Waals surface area (Å²) in [6.45, 7) is 3.68. The van der Waals surface area contributed by atoms with Crippen LogP contribution < -0.4 is 42.5 Å². The van der Waals surface area contributed by atoms with Gasteiger partial charge in [-0.2, -0.15) is 0 Å². The number of nitrogens with one attached hydrogen (secondary N) is 2. The predicted molar refractivity (Wildman–Crippen MR) is 198 cm³/mol. The SMILES string of the molecule is c1ccc(P(c2ccccc2)c2ccccc2CNCCCNCc2ccccc2P(c2ccccc2)c2ccccc2)cc1. The molecule has 0 atom stereocenters. The van der Waals surface area contributed by atoms with Crippen LogP contribution in [0, 0.1) is 0 Å². The van der Waals surface area contributed by atoms with Crippen molar-refractivity contribution in [3.8, 4) is 0 Å². The van der Waals surface area contributed by atoms with Gasteiger partial charge in [0.15, 0.2) is 0 Å². The van der Waals surface area contributed by atoms with Crippen molar-refractivity contribution in [2.45, 2.75) is 19.5 Å². The van der Waals surface area contributed by atoms with E-state index in [1.54, 1.807) is 0 Å². The van der Waals surface area contributed by atoms with Gasteiger partial charge >= 0.3 is 0 Å². The van der Waals surface area contributed by atoms with Gasteiger partial charge in [-0.15, -0.1) is 0 Å². The van der Waals surface area contributed by atoms with E-state index in [-0.39, 0.29) is 0 Å². The molecule has 2 nitrogen and oxygen atoms in total. The Labute approximate surface area is 271 Å². The Kier molecular flexibility index (Phi) is 11.3. The third-order valence-corrected chi connectivity index (χ3v) is 13.0. The van der Waals surface area contributed by atoms with E-state index in [2.05, 4.69) is 180 Å². The Bertz CT molecular complexity index is 1520. The minimum atomic E-state index is -0.616. The molecule has 0 heterocycles. The highest BCUT2D eigenvalue weighted by Crippen LogP contribution is 2.35. The fourth-order valence-corrected chi connectivity index (χ4v) is 10.6. The van der Waals surface area contributed by atoms with Crippen LogP contribution in [-0.2, 0) is 13.1 Å². The molecule has 0 bridgehead atoms. The van der Waals surface area contributed by atoms with Crippen molar-refractivity contribution in [1.82, 2.24) is 10.6 Å². The fourth-order valence-electron chi connectivity index (χ4n) is 5.70. The van der Waals surface area contributed by atoms with Crippen molar-refractivity contribution in [1.29, 1.82) is 0 Å². The molecule has 4 heteroatoms. The van der Waals surface area contributed by atoms with E-state index in [0.717, 1.165) is 32.6 Å². The lowest BCUT2D eigenvalue weighted by molar-refractivity contribution is 0.596. The molecule has 6 aromatic rings. The standard InChI is InChI=1S/C41H40N2P2/c1-5-20-36(21-6-1)44(37-22-7-2-8-23-37)40-28-15-13-18-34(40)32-42-30-17-31-43-33-35-19-14-16-29-41(35)45(38-24-9-3-10-25-38)39-26-11-4-12-27-39/h1-16,18-29,42-43H,17,30-33H2. The van der Waals surface area contributed by atoms with Gasteiger partial charge in [-0.1, -0.05) is 170 Å². The molecule has 0 unspecified atom stereocenters.